The van der Waals surface area contributed by atoms with E-state index in [4.69, 9.17) is 10.3 Å². The maximum atomic E-state index is 8.64. The van der Waals surface area contributed by atoms with Gasteiger partial charge in [-0.3, -0.25) is 0 Å². The van der Waals surface area contributed by atoms with Crippen LogP contribution in [0.5, 0.6) is 0 Å². The Balaban J connectivity index is 3.79. The summed E-state index contributed by atoms with van der Waals surface area (Å²) in [5.74, 6) is 0. The minimum Gasteiger partial charge on any atom is -0.395 e. The van der Waals surface area contributed by atoms with Gasteiger partial charge >= 0.3 is 0 Å². The molecule has 0 amide bonds. The summed E-state index contributed by atoms with van der Waals surface area (Å²) >= 11 is 0. The second kappa shape index (κ2) is 3.15. The fraction of sp³-hybridized carbons (Fsp3) is 1.00. The first-order chi connectivity index (χ1) is 4.02. The normalized spacial score (nSPS) is 15.7. The molecule has 0 aromatic heterocycles. The number of hydrogen-bond donors (Lipinski definition) is 3. The lowest BCUT2D eigenvalue weighted by atomic mass is 9.88. The summed E-state index contributed by atoms with van der Waals surface area (Å²) in [6, 6.07) is -0.238. The van der Waals surface area contributed by atoms with E-state index in [0.29, 0.717) is 0 Å². The van der Waals surface area contributed by atoms with Gasteiger partial charge in [0.05, 0.1) is 12.6 Å². The molecular weight excluding hydrogens is 118 g/mol. The predicted molar refractivity (Wildman–Crippen MR) is 35.3 cm³/mol. The maximum absolute atomic E-state index is 8.64. The molecular formula is C6H15NO2. The SMILES string of the molecule is CC(C)(C)C(CO)NO. The monoisotopic (exact) mass is 133 g/mol. The van der Waals surface area contributed by atoms with Gasteiger partial charge in [0.15, 0.2) is 0 Å². The standard InChI is InChI=1S/C6H15NO2/c1-6(2,3)5(4-8)7-9/h5,7-9H,4H2,1-3H3. The van der Waals surface area contributed by atoms with Crippen molar-refractivity contribution in [3.8, 4) is 0 Å². The zero-order chi connectivity index (χ0) is 7.49. The Bertz CT molecular complexity index is 73.6. The summed E-state index contributed by atoms with van der Waals surface area (Å²) in [7, 11) is 0. The van der Waals surface area contributed by atoms with Gasteiger partial charge in [-0.2, -0.15) is 5.48 Å². The lowest BCUT2D eigenvalue weighted by molar-refractivity contribution is 0.0379. The molecule has 0 aromatic carbocycles. The van der Waals surface area contributed by atoms with Gasteiger partial charge in [0, 0.05) is 0 Å². The molecule has 3 N–H and O–H groups in total. The van der Waals surface area contributed by atoms with E-state index in [2.05, 4.69) is 0 Å². The quantitative estimate of drug-likeness (QED) is 0.477. The van der Waals surface area contributed by atoms with Crippen LogP contribution in [-0.4, -0.2) is 23.0 Å². The van der Waals surface area contributed by atoms with E-state index in [9.17, 15) is 0 Å². The molecule has 0 spiro atoms. The van der Waals surface area contributed by atoms with Crippen molar-refractivity contribution in [2.45, 2.75) is 26.8 Å². The molecule has 0 saturated carbocycles. The van der Waals surface area contributed by atoms with E-state index in [1.165, 1.54) is 0 Å². The van der Waals surface area contributed by atoms with Gasteiger partial charge in [-0.25, -0.2) is 0 Å². The number of nitrogens with one attached hydrogen (secondary N) is 1. The lowest BCUT2D eigenvalue weighted by Gasteiger charge is -2.26. The molecule has 0 aliphatic rings. The molecule has 56 valence electrons. The smallest absolute Gasteiger partial charge is 0.0612 e. The van der Waals surface area contributed by atoms with Crippen molar-refractivity contribution in [3.05, 3.63) is 0 Å². The van der Waals surface area contributed by atoms with Gasteiger partial charge < -0.3 is 10.3 Å². The molecule has 0 aromatic rings. The fourth-order valence-corrected chi connectivity index (χ4v) is 0.508. The Kier molecular flexibility index (Phi) is 3.11. The fourth-order valence-electron chi connectivity index (χ4n) is 0.508. The second-order valence-corrected chi connectivity index (χ2v) is 3.23. The third-order valence-corrected chi connectivity index (χ3v) is 1.38. The average Bonchev–Trinajstić information content (AvgIpc) is 1.65. The largest absolute Gasteiger partial charge is 0.395 e. The number of aliphatic hydroxyl groups is 1. The minimum atomic E-state index is -0.238. The Hall–Kier alpha value is -0.120. The summed E-state index contributed by atoms with van der Waals surface area (Å²) in [6.07, 6.45) is 0. The van der Waals surface area contributed by atoms with Crippen LogP contribution in [0.15, 0.2) is 0 Å². The van der Waals surface area contributed by atoms with Gasteiger partial charge in [-0.1, -0.05) is 20.8 Å². The maximum Gasteiger partial charge on any atom is 0.0612 e. The summed E-state index contributed by atoms with van der Waals surface area (Å²) < 4.78 is 0. The van der Waals surface area contributed by atoms with Crippen molar-refractivity contribution >= 4 is 0 Å². The molecule has 1 unspecified atom stereocenters. The van der Waals surface area contributed by atoms with E-state index in [-0.39, 0.29) is 18.1 Å². The molecule has 0 bridgehead atoms. The molecule has 0 aliphatic heterocycles. The van der Waals surface area contributed by atoms with Crippen LogP contribution in [0.2, 0.25) is 0 Å². The third kappa shape index (κ3) is 2.79. The molecule has 3 nitrogen and oxygen atoms in total. The number of hydroxylamine groups is 1. The van der Waals surface area contributed by atoms with Gasteiger partial charge in [0.1, 0.15) is 0 Å². The number of rotatable bonds is 2. The Morgan fingerprint density at radius 3 is 1.89 bits per heavy atom. The first-order valence-electron chi connectivity index (χ1n) is 3.03. The van der Waals surface area contributed by atoms with Crippen LogP contribution in [0.4, 0.5) is 0 Å². The highest BCUT2D eigenvalue weighted by atomic mass is 16.5. The topological polar surface area (TPSA) is 52.5 Å². The van der Waals surface area contributed by atoms with Crippen LogP contribution < -0.4 is 5.48 Å². The predicted octanol–water partition coefficient (Wildman–Crippen LogP) is 0.372. The van der Waals surface area contributed by atoms with E-state index in [0.717, 1.165) is 0 Å². The molecule has 1 atom stereocenters. The van der Waals surface area contributed by atoms with Crippen molar-refractivity contribution in [2.24, 2.45) is 5.41 Å². The van der Waals surface area contributed by atoms with E-state index < -0.39 is 0 Å². The van der Waals surface area contributed by atoms with Crippen LogP contribution in [-0.2, 0) is 0 Å². The zero-order valence-electron chi connectivity index (χ0n) is 6.18. The molecule has 9 heavy (non-hydrogen) atoms. The Labute approximate surface area is 55.7 Å². The van der Waals surface area contributed by atoms with E-state index >= 15 is 0 Å². The van der Waals surface area contributed by atoms with Crippen LogP contribution in [0.3, 0.4) is 0 Å². The van der Waals surface area contributed by atoms with E-state index in [1.807, 2.05) is 26.3 Å². The van der Waals surface area contributed by atoms with Crippen molar-refractivity contribution < 1.29 is 10.3 Å². The molecule has 0 rings (SSSR count). The van der Waals surface area contributed by atoms with Crippen molar-refractivity contribution in [3.63, 3.8) is 0 Å². The molecule has 0 heterocycles. The van der Waals surface area contributed by atoms with Crippen LogP contribution >= 0.6 is 0 Å². The summed E-state index contributed by atoms with van der Waals surface area (Å²) in [6.45, 7) is 5.78. The van der Waals surface area contributed by atoms with Gasteiger partial charge in [0.2, 0.25) is 0 Å². The molecule has 0 aliphatic carbocycles. The average molecular weight is 133 g/mol. The first kappa shape index (κ1) is 8.88. The van der Waals surface area contributed by atoms with Crippen LogP contribution in [0.25, 0.3) is 0 Å². The first-order valence-corrected chi connectivity index (χ1v) is 3.03. The lowest BCUT2D eigenvalue weighted by Crippen LogP contribution is -2.41. The highest BCUT2D eigenvalue weighted by Gasteiger charge is 2.22. The number of aliphatic hydroxyl groups excluding tert-OH is 1. The Morgan fingerprint density at radius 2 is 1.89 bits per heavy atom. The van der Waals surface area contributed by atoms with Crippen molar-refractivity contribution in [2.75, 3.05) is 6.61 Å². The summed E-state index contributed by atoms with van der Waals surface area (Å²) in [5.41, 5.74) is 1.95. The van der Waals surface area contributed by atoms with Gasteiger partial charge in [0.25, 0.3) is 0 Å². The Morgan fingerprint density at radius 1 is 1.44 bits per heavy atom. The highest BCUT2D eigenvalue weighted by Crippen LogP contribution is 2.17. The number of hydrogen-bond acceptors (Lipinski definition) is 3. The summed E-state index contributed by atoms with van der Waals surface area (Å²) in [4.78, 5) is 0. The van der Waals surface area contributed by atoms with E-state index in [1.54, 1.807) is 0 Å². The van der Waals surface area contributed by atoms with Crippen molar-refractivity contribution in [1.29, 1.82) is 0 Å². The van der Waals surface area contributed by atoms with Gasteiger partial charge in [-0.05, 0) is 5.41 Å². The van der Waals surface area contributed by atoms with Crippen LogP contribution in [0, 0.1) is 5.41 Å². The molecule has 0 radical (unpaired) electrons. The second-order valence-electron chi connectivity index (χ2n) is 3.23. The molecule has 3 heteroatoms. The zero-order valence-corrected chi connectivity index (χ0v) is 6.18. The van der Waals surface area contributed by atoms with Crippen LogP contribution in [0.1, 0.15) is 20.8 Å². The minimum absolute atomic E-state index is 0.0417. The highest BCUT2D eigenvalue weighted by molar-refractivity contribution is 4.75. The van der Waals surface area contributed by atoms with Crippen molar-refractivity contribution in [1.82, 2.24) is 5.48 Å². The summed E-state index contributed by atoms with van der Waals surface area (Å²) in [5, 5.41) is 17.1. The molecule has 0 fully saturated rings. The van der Waals surface area contributed by atoms with Gasteiger partial charge in [-0.15, -0.1) is 0 Å². The third-order valence-electron chi connectivity index (χ3n) is 1.38. The molecule has 0 saturated heterocycles.